The molecule has 2 aromatic carbocycles. The van der Waals surface area contributed by atoms with Gasteiger partial charge >= 0.3 is 0 Å². The van der Waals surface area contributed by atoms with E-state index >= 15 is 0 Å². The monoisotopic (exact) mass is 409 g/mol. The molecule has 1 aliphatic heterocycles. The summed E-state index contributed by atoms with van der Waals surface area (Å²) in [7, 11) is 1.69. The number of aliphatic imine (C=N–C) groups is 1. The highest BCUT2D eigenvalue weighted by Crippen LogP contribution is 2.29. The van der Waals surface area contributed by atoms with Crippen LogP contribution in [0.3, 0.4) is 0 Å². The van der Waals surface area contributed by atoms with Crippen molar-refractivity contribution in [3.63, 3.8) is 0 Å². The van der Waals surface area contributed by atoms with E-state index in [0.29, 0.717) is 23.6 Å². The highest BCUT2D eigenvalue weighted by atomic mass is 19.1. The first kappa shape index (κ1) is 21.4. The molecule has 0 aromatic heterocycles. The van der Waals surface area contributed by atoms with E-state index in [1.807, 2.05) is 31.2 Å². The molecule has 2 aromatic rings. The number of hydrogen-bond donors (Lipinski definition) is 2. The van der Waals surface area contributed by atoms with Crippen molar-refractivity contribution in [1.82, 2.24) is 10.6 Å². The molecule has 0 amide bonds. The lowest BCUT2D eigenvalue weighted by Crippen LogP contribution is -2.51. The van der Waals surface area contributed by atoms with Gasteiger partial charge < -0.3 is 20.3 Å². The molecule has 0 aliphatic carbocycles. The largest absolute Gasteiger partial charge is 0.495 e. The molecule has 1 heterocycles. The third-order valence-electron chi connectivity index (χ3n) is 5.11. The molecule has 1 atom stereocenters. The van der Waals surface area contributed by atoms with Crippen LogP contribution in [0, 0.1) is 17.1 Å². The summed E-state index contributed by atoms with van der Waals surface area (Å²) >= 11 is 0. The zero-order valence-electron chi connectivity index (χ0n) is 17.5. The zero-order valence-corrected chi connectivity index (χ0v) is 17.5. The molecule has 1 aliphatic rings. The molecule has 158 valence electrons. The predicted octanol–water partition coefficient (Wildman–Crippen LogP) is 3.43. The molecule has 3 rings (SSSR count). The van der Waals surface area contributed by atoms with E-state index in [2.05, 4.69) is 26.6 Å². The number of nitriles is 1. The average molecular weight is 410 g/mol. The van der Waals surface area contributed by atoms with Crippen LogP contribution in [0.1, 0.15) is 30.9 Å². The summed E-state index contributed by atoms with van der Waals surface area (Å²) < 4.78 is 19.6. The van der Waals surface area contributed by atoms with Gasteiger partial charge in [-0.2, -0.15) is 5.26 Å². The number of methoxy groups -OCH3 is 1. The molecular formula is C23H28FN5O. The zero-order chi connectivity index (χ0) is 21.3. The Labute approximate surface area is 177 Å². The Morgan fingerprint density at radius 3 is 2.93 bits per heavy atom. The highest BCUT2D eigenvalue weighted by molar-refractivity contribution is 5.80. The number of rotatable bonds is 6. The smallest absolute Gasteiger partial charge is 0.191 e. The SMILES string of the molecule is CCNC(=NCc1cc(C#N)ccc1F)NC1CCCN(c2ccccc2OC)C1. The quantitative estimate of drug-likeness (QED) is 0.565. The van der Waals surface area contributed by atoms with E-state index in [1.54, 1.807) is 13.2 Å². The second-order valence-corrected chi connectivity index (χ2v) is 7.21. The van der Waals surface area contributed by atoms with Crippen molar-refractivity contribution in [2.24, 2.45) is 4.99 Å². The lowest BCUT2D eigenvalue weighted by molar-refractivity contribution is 0.408. The van der Waals surface area contributed by atoms with Gasteiger partial charge in [-0.25, -0.2) is 9.38 Å². The van der Waals surface area contributed by atoms with Gasteiger partial charge in [0.15, 0.2) is 5.96 Å². The first-order chi connectivity index (χ1) is 14.6. The van der Waals surface area contributed by atoms with Crippen LogP contribution in [0.15, 0.2) is 47.5 Å². The number of anilines is 1. The van der Waals surface area contributed by atoms with Crippen molar-refractivity contribution in [1.29, 1.82) is 5.26 Å². The summed E-state index contributed by atoms with van der Waals surface area (Å²) in [4.78, 5) is 6.87. The lowest BCUT2D eigenvalue weighted by atomic mass is 10.0. The van der Waals surface area contributed by atoms with Crippen molar-refractivity contribution < 1.29 is 9.13 Å². The van der Waals surface area contributed by atoms with Crippen LogP contribution >= 0.6 is 0 Å². The van der Waals surface area contributed by atoms with Crippen LogP contribution < -0.4 is 20.3 Å². The number of ether oxygens (including phenoxy) is 1. The standard InChI is InChI=1S/C23H28FN5O/c1-3-26-23(27-15-18-13-17(14-25)10-11-20(18)24)28-19-7-6-12-29(16-19)21-8-4-5-9-22(21)30-2/h4-5,8-11,13,19H,3,6-7,12,15-16H2,1-2H3,(H2,26,27,28). The molecule has 1 fully saturated rings. The number of piperidine rings is 1. The number of para-hydroxylation sites is 2. The van der Waals surface area contributed by atoms with Crippen LogP contribution in [0.2, 0.25) is 0 Å². The van der Waals surface area contributed by atoms with E-state index in [9.17, 15) is 4.39 Å². The van der Waals surface area contributed by atoms with Crippen LogP contribution in [0.25, 0.3) is 0 Å². The summed E-state index contributed by atoms with van der Waals surface area (Å²) in [6, 6.07) is 14.6. The lowest BCUT2D eigenvalue weighted by Gasteiger charge is -2.36. The minimum Gasteiger partial charge on any atom is -0.495 e. The Kier molecular flexibility index (Phi) is 7.50. The average Bonchev–Trinajstić information content (AvgIpc) is 2.78. The van der Waals surface area contributed by atoms with Gasteiger partial charge in [0, 0.05) is 31.2 Å². The van der Waals surface area contributed by atoms with Gasteiger partial charge in [0.25, 0.3) is 0 Å². The van der Waals surface area contributed by atoms with Gasteiger partial charge in [0.05, 0.1) is 31.0 Å². The maximum absolute atomic E-state index is 14.1. The molecule has 1 saturated heterocycles. The topological polar surface area (TPSA) is 72.7 Å². The predicted molar refractivity (Wildman–Crippen MR) is 117 cm³/mol. The molecule has 0 bridgehead atoms. The fourth-order valence-corrected chi connectivity index (χ4v) is 3.65. The summed E-state index contributed by atoms with van der Waals surface area (Å²) in [5, 5.41) is 15.8. The Morgan fingerprint density at radius 1 is 1.33 bits per heavy atom. The Bertz CT molecular complexity index is 924. The molecule has 6 nitrogen and oxygen atoms in total. The first-order valence-electron chi connectivity index (χ1n) is 10.3. The number of nitrogens with zero attached hydrogens (tertiary/aromatic N) is 3. The third kappa shape index (κ3) is 5.41. The summed E-state index contributed by atoms with van der Waals surface area (Å²) in [5.41, 5.74) is 1.92. The highest BCUT2D eigenvalue weighted by Gasteiger charge is 2.22. The van der Waals surface area contributed by atoms with Crippen LogP contribution in [-0.4, -0.2) is 38.7 Å². The van der Waals surface area contributed by atoms with Crippen LogP contribution in [0.4, 0.5) is 10.1 Å². The number of hydrogen-bond acceptors (Lipinski definition) is 4. The van der Waals surface area contributed by atoms with Crippen molar-refractivity contribution >= 4 is 11.6 Å². The van der Waals surface area contributed by atoms with Crippen molar-refractivity contribution in [3.8, 4) is 11.8 Å². The molecular weight excluding hydrogens is 381 g/mol. The summed E-state index contributed by atoms with van der Waals surface area (Å²) in [5.74, 6) is 1.16. The first-order valence-corrected chi connectivity index (χ1v) is 10.3. The Balaban J connectivity index is 1.70. The van der Waals surface area contributed by atoms with Gasteiger partial charge in [-0.15, -0.1) is 0 Å². The molecule has 30 heavy (non-hydrogen) atoms. The normalized spacial score (nSPS) is 16.7. The maximum Gasteiger partial charge on any atom is 0.191 e. The van der Waals surface area contributed by atoms with E-state index in [1.165, 1.54) is 12.1 Å². The van der Waals surface area contributed by atoms with Crippen LogP contribution in [0.5, 0.6) is 5.75 Å². The molecule has 0 saturated carbocycles. The number of benzene rings is 2. The van der Waals surface area contributed by atoms with Gasteiger partial charge in [0.2, 0.25) is 0 Å². The van der Waals surface area contributed by atoms with Crippen molar-refractivity contribution in [2.45, 2.75) is 32.4 Å². The van der Waals surface area contributed by atoms with Crippen LogP contribution in [-0.2, 0) is 6.54 Å². The van der Waals surface area contributed by atoms with E-state index < -0.39 is 0 Å². The van der Waals surface area contributed by atoms with Gasteiger partial charge in [-0.05, 0) is 50.1 Å². The minimum absolute atomic E-state index is 0.166. The van der Waals surface area contributed by atoms with E-state index in [-0.39, 0.29) is 18.4 Å². The number of guanidine groups is 1. The number of nitrogens with one attached hydrogen (secondary N) is 2. The summed E-state index contributed by atoms with van der Waals surface area (Å²) in [6.45, 7) is 4.66. The maximum atomic E-state index is 14.1. The molecule has 2 N–H and O–H groups in total. The van der Waals surface area contributed by atoms with Crippen molar-refractivity contribution in [3.05, 3.63) is 59.4 Å². The molecule has 0 spiro atoms. The third-order valence-corrected chi connectivity index (χ3v) is 5.11. The van der Waals surface area contributed by atoms with E-state index in [4.69, 9.17) is 10.00 Å². The van der Waals surface area contributed by atoms with Gasteiger partial charge in [-0.1, -0.05) is 12.1 Å². The number of halogens is 1. The van der Waals surface area contributed by atoms with Gasteiger partial charge in [0.1, 0.15) is 11.6 Å². The minimum atomic E-state index is -0.353. The Hall–Kier alpha value is -3.27. The van der Waals surface area contributed by atoms with E-state index in [0.717, 1.165) is 37.4 Å². The fourth-order valence-electron chi connectivity index (χ4n) is 3.65. The second-order valence-electron chi connectivity index (χ2n) is 7.21. The van der Waals surface area contributed by atoms with Crippen molar-refractivity contribution in [2.75, 3.05) is 31.6 Å². The Morgan fingerprint density at radius 2 is 2.17 bits per heavy atom. The molecule has 7 heteroatoms. The van der Waals surface area contributed by atoms with Gasteiger partial charge in [-0.3, -0.25) is 0 Å². The molecule has 0 radical (unpaired) electrons. The molecule has 1 unspecified atom stereocenters. The summed E-state index contributed by atoms with van der Waals surface area (Å²) in [6.07, 6.45) is 2.07. The fraction of sp³-hybridized carbons (Fsp3) is 0.391. The second kappa shape index (κ2) is 10.5.